The van der Waals surface area contributed by atoms with Gasteiger partial charge in [0.05, 0.1) is 12.7 Å². The normalized spacial score (nSPS) is 22.5. The highest BCUT2D eigenvalue weighted by Gasteiger charge is 2.30. The van der Waals surface area contributed by atoms with E-state index in [-0.39, 0.29) is 6.04 Å². The van der Waals surface area contributed by atoms with Gasteiger partial charge >= 0.3 is 0 Å². The smallest absolute Gasteiger partial charge is 0.240 e. The number of carbonyl (C=O) groups excluding carboxylic acids is 1. The minimum atomic E-state index is 0.0242. The Morgan fingerprint density at radius 2 is 1.95 bits per heavy atom. The first-order chi connectivity index (χ1) is 9.83. The minimum absolute atomic E-state index is 0.0242. The van der Waals surface area contributed by atoms with Crippen LogP contribution in [0.15, 0.2) is 30.3 Å². The zero-order valence-electron chi connectivity index (χ0n) is 12.1. The van der Waals surface area contributed by atoms with Gasteiger partial charge in [-0.1, -0.05) is 43.2 Å². The zero-order valence-corrected chi connectivity index (χ0v) is 12.1. The van der Waals surface area contributed by atoms with Gasteiger partial charge in [-0.05, 0) is 37.2 Å². The number of amides is 1. The molecule has 3 rings (SSSR count). The van der Waals surface area contributed by atoms with Crippen molar-refractivity contribution in [3.63, 3.8) is 0 Å². The van der Waals surface area contributed by atoms with Crippen LogP contribution < -0.4 is 5.32 Å². The maximum atomic E-state index is 12.3. The third-order valence-corrected chi connectivity index (χ3v) is 4.44. The lowest BCUT2D eigenvalue weighted by molar-refractivity contribution is -0.129. The summed E-state index contributed by atoms with van der Waals surface area (Å²) in [6.45, 7) is 1.67. The van der Waals surface area contributed by atoms with Crippen molar-refractivity contribution < 1.29 is 4.79 Å². The molecular weight excluding hydrogens is 248 g/mol. The molecule has 3 nitrogen and oxygen atoms in total. The average molecular weight is 272 g/mol. The number of rotatable bonds is 7. The van der Waals surface area contributed by atoms with E-state index in [1.54, 1.807) is 0 Å². The van der Waals surface area contributed by atoms with E-state index < -0.39 is 0 Å². The summed E-state index contributed by atoms with van der Waals surface area (Å²) in [5.74, 6) is 1.27. The Hall–Kier alpha value is -1.35. The fourth-order valence-electron chi connectivity index (χ4n) is 2.95. The maximum absolute atomic E-state index is 12.3. The second kappa shape index (κ2) is 6.40. The zero-order chi connectivity index (χ0) is 13.8. The molecule has 1 N–H and O–H groups in total. The van der Waals surface area contributed by atoms with Crippen LogP contribution in [0.4, 0.5) is 0 Å². The van der Waals surface area contributed by atoms with Crippen LogP contribution in [0.3, 0.4) is 0 Å². The first kappa shape index (κ1) is 13.6. The number of benzene rings is 1. The molecule has 108 valence electrons. The van der Waals surface area contributed by atoms with Crippen LogP contribution in [0, 0.1) is 5.92 Å². The molecule has 1 aromatic carbocycles. The van der Waals surface area contributed by atoms with Crippen LogP contribution in [0.1, 0.15) is 37.7 Å². The molecule has 1 saturated carbocycles. The molecule has 1 aliphatic heterocycles. The van der Waals surface area contributed by atoms with Gasteiger partial charge in [0.15, 0.2) is 0 Å². The maximum Gasteiger partial charge on any atom is 0.240 e. The molecule has 1 unspecified atom stereocenters. The second-order valence-electron chi connectivity index (χ2n) is 6.13. The van der Waals surface area contributed by atoms with Crippen LogP contribution >= 0.6 is 0 Å². The first-order valence-electron chi connectivity index (χ1n) is 7.89. The predicted octanol–water partition coefficient (Wildman–Crippen LogP) is 2.57. The Bertz CT molecular complexity index is 442. The molecule has 1 atom stereocenters. The van der Waals surface area contributed by atoms with Crippen molar-refractivity contribution in [3.8, 4) is 0 Å². The van der Waals surface area contributed by atoms with Crippen LogP contribution in [0.25, 0.3) is 0 Å². The summed E-state index contributed by atoms with van der Waals surface area (Å²) in [4.78, 5) is 14.3. The van der Waals surface area contributed by atoms with Crippen LogP contribution in [0.5, 0.6) is 0 Å². The van der Waals surface area contributed by atoms with E-state index in [0.717, 1.165) is 32.0 Å². The first-order valence-corrected chi connectivity index (χ1v) is 7.89. The number of hydrogen-bond donors (Lipinski definition) is 1. The van der Waals surface area contributed by atoms with E-state index in [1.807, 2.05) is 11.0 Å². The summed E-state index contributed by atoms with van der Waals surface area (Å²) in [5.41, 5.74) is 1.31. The fraction of sp³-hybridized carbons (Fsp3) is 0.588. The molecule has 1 amide bonds. The van der Waals surface area contributed by atoms with Gasteiger partial charge in [-0.2, -0.15) is 0 Å². The lowest BCUT2D eigenvalue weighted by Crippen LogP contribution is -2.31. The van der Waals surface area contributed by atoms with E-state index in [0.29, 0.717) is 5.91 Å². The van der Waals surface area contributed by atoms with Crippen molar-refractivity contribution in [1.29, 1.82) is 0 Å². The highest BCUT2D eigenvalue weighted by Crippen LogP contribution is 2.33. The predicted molar refractivity (Wildman–Crippen MR) is 80.2 cm³/mol. The van der Waals surface area contributed by atoms with Crippen molar-refractivity contribution in [2.45, 2.75) is 44.6 Å². The summed E-state index contributed by atoms with van der Waals surface area (Å²) in [5, 5.41) is 3.36. The molecule has 20 heavy (non-hydrogen) atoms. The minimum Gasteiger partial charge on any atom is -0.329 e. The van der Waals surface area contributed by atoms with Gasteiger partial charge < -0.3 is 4.90 Å². The Kier molecular flexibility index (Phi) is 4.36. The van der Waals surface area contributed by atoms with Gasteiger partial charge in [0.2, 0.25) is 5.91 Å². The number of aryl methyl sites for hydroxylation is 1. The highest BCUT2D eigenvalue weighted by molar-refractivity contribution is 5.83. The average Bonchev–Trinajstić information content (AvgIpc) is 3.24. The molecule has 3 heteroatoms. The lowest BCUT2D eigenvalue weighted by Gasteiger charge is -2.15. The standard InChI is InChI=1S/C17H24N2O/c20-17-16(11-10-14-5-2-1-3-6-14)18-13-19(17)12-4-7-15-8-9-15/h1-3,5-6,15-16,18H,4,7-13H2. The third-order valence-electron chi connectivity index (χ3n) is 4.44. The van der Waals surface area contributed by atoms with Crippen molar-refractivity contribution in [2.75, 3.05) is 13.2 Å². The van der Waals surface area contributed by atoms with Crippen molar-refractivity contribution in [2.24, 2.45) is 5.92 Å². The molecule has 1 aromatic rings. The molecule has 0 radical (unpaired) electrons. The Morgan fingerprint density at radius 3 is 2.70 bits per heavy atom. The molecule has 1 heterocycles. The molecule has 2 fully saturated rings. The molecule has 1 aliphatic carbocycles. The van der Waals surface area contributed by atoms with E-state index in [1.165, 1.54) is 31.2 Å². The van der Waals surface area contributed by atoms with Crippen molar-refractivity contribution in [3.05, 3.63) is 35.9 Å². The van der Waals surface area contributed by atoms with E-state index in [9.17, 15) is 4.79 Å². The van der Waals surface area contributed by atoms with Gasteiger partial charge in [-0.15, -0.1) is 0 Å². The van der Waals surface area contributed by atoms with Crippen LogP contribution in [0.2, 0.25) is 0 Å². The fourth-order valence-corrected chi connectivity index (χ4v) is 2.95. The molecule has 0 bridgehead atoms. The summed E-state index contributed by atoms with van der Waals surface area (Å²) in [7, 11) is 0. The lowest BCUT2D eigenvalue weighted by atomic mass is 10.1. The van der Waals surface area contributed by atoms with Crippen molar-refractivity contribution >= 4 is 5.91 Å². The molecule has 0 aromatic heterocycles. The Balaban J connectivity index is 1.40. The van der Waals surface area contributed by atoms with Crippen molar-refractivity contribution in [1.82, 2.24) is 10.2 Å². The summed E-state index contributed by atoms with van der Waals surface area (Å²) >= 11 is 0. The van der Waals surface area contributed by atoms with Gasteiger partial charge in [0.1, 0.15) is 0 Å². The molecular formula is C17H24N2O. The summed E-state index contributed by atoms with van der Waals surface area (Å²) in [6.07, 6.45) is 7.17. The van der Waals surface area contributed by atoms with E-state index in [4.69, 9.17) is 0 Å². The van der Waals surface area contributed by atoms with Gasteiger partial charge in [0, 0.05) is 6.54 Å². The van der Waals surface area contributed by atoms with Crippen LogP contribution in [-0.2, 0) is 11.2 Å². The number of nitrogens with one attached hydrogen (secondary N) is 1. The van der Waals surface area contributed by atoms with Gasteiger partial charge in [-0.3, -0.25) is 10.1 Å². The van der Waals surface area contributed by atoms with Gasteiger partial charge in [0.25, 0.3) is 0 Å². The quantitative estimate of drug-likeness (QED) is 0.827. The third kappa shape index (κ3) is 3.60. The van der Waals surface area contributed by atoms with Crippen LogP contribution in [-0.4, -0.2) is 30.1 Å². The monoisotopic (exact) mass is 272 g/mol. The van der Waals surface area contributed by atoms with E-state index >= 15 is 0 Å². The van der Waals surface area contributed by atoms with E-state index in [2.05, 4.69) is 29.6 Å². The molecule has 0 spiro atoms. The highest BCUT2D eigenvalue weighted by atomic mass is 16.2. The summed E-state index contributed by atoms with van der Waals surface area (Å²) < 4.78 is 0. The Labute approximate surface area is 121 Å². The summed E-state index contributed by atoms with van der Waals surface area (Å²) in [6, 6.07) is 10.4. The number of carbonyl (C=O) groups is 1. The SMILES string of the molecule is O=C1C(CCc2ccccc2)NCN1CCCC1CC1. The topological polar surface area (TPSA) is 32.3 Å². The second-order valence-corrected chi connectivity index (χ2v) is 6.13. The largest absolute Gasteiger partial charge is 0.329 e. The van der Waals surface area contributed by atoms with Gasteiger partial charge in [-0.25, -0.2) is 0 Å². The number of nitrogens with zero attached hydrogens (tertiary/aromatic N) is 1. The Morgan fingerprint density at radius 1 is 1.15 bits per heavy atom. The number of hydrogen-bond acceptors (Lipinski definition) is 2. The molecule has 2 aliphatic rings. The molecule has 1 saturated heterocycles.